The van der Waals surface area contributed by atoms with E-state index >= 15 is 0 Å². The van der Waals surface area contributed by atoms with Gasteiger partial charge in [-0.15, -0.1) is 0 Å². The molecule has 2 aromatic rings. The fraction of sp³-hybridized carbons (Fsp3) is 0.368. The van der Waals surface area contributed by atoms with Gasteiger partial charge in [0.15, 0.2) is 6.61 Å². The highest BCUT2D eigenvalue weighted by molar-refractivity contribution is 5.77. The Bertz CT molecular complexity index is 609. The molecular weight excluding hydrogens is 288 g/mol. The summed E-state index contributed by atoms with van der Waals surface area (Å²) in [5, 5.41) is 0. The van der Waals surface area contributed by atoms with Crippen LogP contribution in [0.5, 0.6) is 5.75 Å². The maximum Gasteiger partial charge on any atom is 0.260 e. The molecule has 122 valence electrons. The van der Waals surface area contributed by atoms with E-state index < -0.39 is 0 Å². The van der Waals surface area contributed by atoms with Crippen LogP contribution in [-0.2, 0) is 11.2 Å². The Kier molecular flexibility index (Phi) is 6.15. The van der Waals surface area contributed by atoms with E-state index in [0.717, 1.165) is 12.2 Å². The van der Waals surface area contributed by atoms with Gasteiger partial charge in [-0.25, -0.2) is 0 Å². The molecule has 0 N–H and O–H groups in total. The van der Waals surface area contributed by atoms with E-state index in [1.807, 2.05) is 36.4 Å². The molecule has 0 fully saturated rings. The Labute approximate surface area is 138 Å². The van der Waals surface area contributed by atoms with Gasteiger partial charge in [-0.3, -0.25) is 9.78 Å². The summed E-state index contributed by atoms with van der Waals surface area (Å²) < 4.78 is 5.57. The summed E-state index contributed by atoms with van der Waals surface area (Å²) in [6, 6.07) is 11.8. The van der Waals surface area contributed by atoms with Crippen LogP contribution in [0.1, 0.15) is 30.9 Å². The number of hydrogen-bond donors (Lipinski definition) is 0. The van der Waals surface area contributed by atoms with Crippen LogP contribution in [0.3, 0.4) is 0 Å². The standard InChI is InChI=1S/C19H24N2O2/c1-15(2)17-4-6-18(7-5-17)23-14-19(22)21(3)13-10-16-8-11-20-12-9-16/h4-9,11-12,15H,10,13-14H2,1-3H3. The third-order valence-electron chi connectivity index (χ3n) is 3.82. The number of pyridine rings is 1. The summed E-state index contributed by atoms with van der Waals surface area (Å²) in [6.45, 7) is 5.03. The molecule has 2 rings (SSSR count). The molecule has 4 heteroatoms. The Morgan fingerprint density at radius 2 is 1.78 bits per heavy atom. The first-order valence-electron chi connectivity index (χ1n) is 7.92. The first-order chi connectivity index (χ1) is 11.1. The summed E-state index contributed by atoms with van der Waals surface area (Å²) >= 11 is 0. The van der Waals surface area contributed by atoms with Gasteiger partial charge in [0.1, 0.15) is 5.75 Å². The summed E-state index contributed by atoms with van der Waals surface area (Å²) in [6.07, 6.45) is 4.34. The number of aromatic nitrogens is 1. The minimum Gasteiger partial charge on any atom is -0.484 e. The van der Waals surface area contributed by atoms with Crippen LogP contribution < -0.4 is 4.74 Å². The van der Waals surface area contributed by atoms with E-state index in [1.165, 1.54) is 11.1 Å². The van der Waals surface area contributed by atoms with E-state index in [4.69, 9.17) is 4.74 Å². The predicted octanol–water partition coefficient (Wildman–Crippen LogP) is 3.28. The van der Waals surface area contributed by atoms with Crippen LogP contribution in [0.4, 0.5) is 0 Å². The Morgan fingerprint density at radius 3 is 2.39 bits per heavy atom. The maximum atomic E-state index is 12.1. The molecule has 0 aliphatic heterocycles. The Hall–Kier alpha value is -2.36. The normalized spacial score (nSPS) is 10.6. The van der Waals surface area contributed by atoms with Crippen molar-refractivity contribution in [2.24, 2.45) is 0 Å². The summed E-state index contributed by atoms with van der Waals surface area (Å²) in [4.78, 5) is 17.8. The Balaban J connectivity index is 1.77. The lowest BCUT2D eigenvalue weighted by Crippen LogP contribution is -2.33. The topological polar surface area (TPSA) is 42.4 Å². The average molecular weight is 312 g/mol. The molecule has 23 heavy (non-hydrogen) atoms. The molecule has 0 aliphatic rings. The molecular formula is C19H24N2O2. The molecule has 4 nitrogen and oxygen atoms in total. The van der Waals surface area contributed by atoms with Gasteiger partial charge >= 0.3 is 0 Å². The van der Waals surface area contributed by atoms with Crippen molar-refractivity contribution < 1.29 is 9.53 Å². The van der Waals surface area contributed by atoms with Crippen molar-refractivity contribution in [1.82, 2.24) is 9.88 Å². The first-order valence-corrected chi connectivity index (χ1v) is 7.92. The minimum atomic E-state index is -0.0213. The number of nitrogens with zero attached hydrogens (tertiary/aromatic N) is 2. The van der Waals surface area contributed by atoms with Crippen LogP contribution >= 0.6 is 0 Å². The van der Waals surface area contributed by atoms with Gasteiger partial charge in [-0.1, -0.05) is 26.0 Å². The highest BCUT2D eigenvalue weighted by atomic mass is 16.5. The monoisotopic (exact) mass is 312 g/mol. The van der Waals surface area contributed by atoms with Gasteiger partial charge in [-0.2, -0.15) is 0 Å². The predicted molar refractivity (Wildman–Crippen MR) is 91.6 cm³/mol. The van der Waals surface area contributed by atoms with Crippen LogP contribution in [0.25, 0.3) is 0 Å². The second-order valence-corrected chi connectivity index (χ2v) is 5.93. The van der Waals surface area contributed by atoms with Crippen molar-refractivity contribution in [3.63, 3.8) is 0 Å². The molecule has 0 spiro atoms. The highest BCUT2D eigenvalue weighted by Crippen LogP contribution is 2.18. The van der Waals surface area contributed by atoms with E-state index in [1.54, 1.807) is 24.3 Å². The number of ether oxygens (including phenoxy) is 1. The van der Waals surface area contributed by atoms with Crippen molar-refractivity contribution in [2.75, 3.05) is 20.2 Å². The Morgan fingerprint density at radius 1 is 1.13 bits per heavy atom. The van der Waals surface area contributed by atoms with Crippen molar-refractivity contribution in [2.45, 2.75) is 26.2 Å². The lowest BCUT2D eigenvalue weighted by atomic mass is 10.0. The zero-order valence-electron chi connectivity index (χ0n) is 14.0. The quantitative estimate of drug-likeness (QED) is 0.788. The number of carbonyl (C=O) groups is 1. The van der Waals surface area contributed by atoms with Gasteiger partial charge in [0, 0.05) is 26.0 Å². The van der Waals surface area contributed by atoms with Crippen LogP contribution in [0, 0.1) is 0 Å². The molecule has 0 aliphatic carbocycles. The molecule has 1 aromatic carbocycles. The second-order valence-electron chi connectivity index (χ2n) is 5.93. The van der Waals surface area contributed by atoms with Crippen LogP contribution in [0.15, 0.2) is 48.8 Å². The third-order valence-corrected chi connectivity index (χ3v) is 3.82. The molecule has 1 aromatic heterocycles. The molecule has 0 radical (unpaired) electrons. The number of benzene rings is 1. The maximum absolute atomic E-state index is 12.1. The van der Waals surface area contributed by atoms with E-state index in [9.17, 15) is 4.79 Å². The number of hydrogen-bond acceptors (Lipinski definition) is 3. The molecule has 0 saturated heterocycles. The smallest absolute Gasteiger partial charge is 0.260 e. The molecule has 1 heterocycles. The fourth-order valence-corrected chi connectivity index (χ4v) is 2.18. The van der Waals surface area contributed by atoms with Crippen LogP contribution in [-0.4, -0.2) is 36.0 Å². The number of amides is 1. The van der Waals surface area contributed by atoms with Gasteiger partial charge < -0.3 is 9.64 Å². The zero-order valence-corrected chi connectivity index (χ0v) is 14.0. The first kappa shape index (κ1) is 17.0. The van der Waals surface area contributed by atoms with Gasteiger partial charge in [-0.05, 0) is 47.7 Å². The minimum absolute atomic E-state index is 0.0213. The van der Waals surface area contributed by atoms with E-state index in [2.05, 4.69) is 18.8 Å². The molecule has 0 bridgehead atoms. The number of likely N-dealkylation sites (N-methyl/N-ethyl adjacent to an activating group) is 1. The van der Waals surface area contributed by atoms with Crippen molar-refractivity contribution in [3.8, 4) is 5.75 Å². The van der Waals surface area contributed by atoms with E-state index in [0.29, 0.717) is 12.5 Å². The van der Waals surface area contributed by atoms with Crippen LogP contribution in [0.2, 0.25) is 0 Å². The third kappa shape index (κ3) is 5.40. The summed E-state index contributed by atoms with van der Waals surface area (Å²) in [5.74, 6) is 1.20. The fourth-order valence-electron chi connectivity index (χ4n) is 2.18. The van der Waals surface area contributed by atoms with Gasteiger partial charge in [0.05, 0.1) is 0 Å². The molecule has 0 saturated carbocycles. The lowest BCUT2D eigenvalue weighted by Gasteiger charge is -2.17. The van der Waals surface area contributed by atoms with Crippen molar-refractivity contribution in [1.29, 1.82) is 0 Å². The van der Waals surface area contributed by atoms with Gasteiger partial charge in [0.2, 0.25) is 0 Å². The summed E-state index contributed by atoms with van der Waals surface area (Å²) in [5.41, 5.74) is 2.43. The SMILES string of the molecule is CC(C)c1ccc(OCC(=O)N(C)CCc2ccncc2)cc1. The zero-order chi connectivity index (χ0) is 16.7. The lowest BCUT2D eigenvalue weighted by molar-refractivity contribution is -0.132. The molecule has 0 atom stereocenters. The summed E-state index contributed by atoms with van der Waals surface area (Å²) in [7, 11) is 1.80. The highest BCUT2D eigenvalue weighted by Gasteiger charge is 2.10. The number of carbonyl (C=O) groups excluding carboxylic acids is 1. The second kappa shape index (κ2) is 8.32. The molecule has 0 unspecified atom stereocenters. The van der Waals surface area contributed by atoms with E-state index in [-0.39, 0.29) is 12.5 Å². The molecule has 1 amide bonds. The largest absolute Gasteiger partial charge is 0.484 e. The average Bonchev–Trinajstić information content (AvgIpc) is 2.58. The van der Waals surface area contributed by atoms with Gasteiger partial charge in [0.25, 0.3) is 5.91 Å². The van der Waals surface area contributed by atoms with Crippen molar-refractivity contribution in [3.05, 3.63) is 59.9 Å². The number of rotatable bonds is 7. The van der Waals surface area contributed by atoms with Crippen molar-refractivity contribution >= 4 is 5.91 Å².